The van der Waals surface area contributed by atoms with Crippen molar-refractivity contribution in [1.82, 2.24) is 10.3 Å². The molecule has 0 unspecified atom stereocenters. The predicted octanol–water partition coefficient (Wildman–Crippen LogP) is 3.41. The lowest BCUT2D eigenvalue weighted by molar-refractivity contribution is 0.130. The molecular weight excluding hydrogens is 248 g/mol. The highest BCUT2D eigenvalue weighted by Gasteiger charge is 2.20. The molecule has 1 N–H and O–H groups in total. The van der Waals surface area contributed by atoms with Crippen molar-refractivity contribution in [2.45, 2.75) is 45.3 Å². The summed E-state index contributed by atoms with van der Waals surface area (Å²) in [6.07, 6.45) is 6.76. The van der Waals surface area contributed by atoms with Crippen LogP contribution in [-0.4, -0.2) is 18.1 Å². The lowest BCUT2D eigenvalue weighted by atomic mass is 9.89. The fourth-order valence-electron chi connectivity index (χ4n) is 2.37. The monoisotopic (exact) mass is 268 g/mol. The predicted molar refractivity (Wildman–Crippen MR) is 74.1 cm³/mol. The second kappa shape index (κ2) is 6.39. The van der Waals surface area contributed by atoms with Gasteiger partial charge in [0.25, 0.3) is 0 Å². The summed E-state index contributed by atoms with van der Waals surface area (Å²) in [5.74, 6) is 1.53. The summed E-state index contributed by atoms with van der Waals surface area (Å²) in [7, 11) is 1.90. The number of hydrogen-bond donors (Lipinski definition) is 1. The van der Waals surface area contributed by atoms with Crippen molar-refractivity contribution < 1.29 is 4.74 Å². The number of rotatable bonds is 4. The maximum atomic E-state index is 6.08. The van der Waals surface area contributed by atoms with E-state index in [1.807, 2.05) is 13.1 Å². The molecule has 1 aliphatic rings. The number of aromatic nitrogens is 1. The van der Waals surface area contributed by atoms with E-state index in [9.17, 15) is 0 Å². The third-order valence-corrected chi connectivity index (χ3v) is 3.87. The van der Waals surface area contributed by atoms with Gasteiger partial charge in [0.1, 0.15) is 6.10 Å². The molecule has 1 aromatic heterocycles. The van der Waals surface area contributed by atoms with Gasteiger partial charge in [0.15, 0.2) is 0 Å². The van der Waals surface area contributed by atoms with E-state index < -0.39 is 0 Å². The van der Waals surface area contributed by atoms with Gasteiger partial charge in [-0.15, -0.1) is 0 Å². The van der Waals surface area contributed by atoms with E-state index in [1.165, 1.54) is 12.8 Å². The third kappa shape index (κ3) is 3.59. The smallest absolute Gasteiger partial charge is 0.213 e. The van der Waals surface area contributed by atoms with Crippen molar-refractivity contribution in [3.8, 4) is 5.88 Å². The Hall–Kier alpha value is -0.800. The average molecular weight is 269 g/mol. The molecule has 2 rings (SSSR count). The van der Waals surface area contributed by atoms with Crippen molar-refractivity contribution in [2.24, 2.45) is 5.92 Å². The number of nitrogens with one attached hydrogen (secondary N) is 1. The largest absolute Gasteiger partial charge is 0.474 e. The first-order chi connectivity index (χ1) is 8.69. The molecule has 0 radical (unpaired) electrons. The molecule has 1 aromatic rings. The molecule has 0 spiro atoms. The molecule has 1 fully saturated rings. The van der Waals surface area contributed by atoms with Crippen LogP contribution in [0.15, 0.2) is 12.3 Å². The Morgan fingerprint density at radius 1 is 1.39 bits per heavy atom. The van der Waals surface area contributed by atoms with Gasteiger partial charge in [0, 0.05) is 18.8 Å². The van der Waals surface area contributed by atoms with Crippen LogP contribution in [0.3, 0.4) is 0 Å². The Kier molecular flexibility index (Phi) is 4.84. The summed E-state index contributed by atoms with van der Waals surface area (Å²) in [5.41, 5.74) is 1.04. The molecule has 0 aromatic carbocycles. The Labute approximate surface area is 114 Å². The second-order valence-electron chi connectivity index (χ2n) is 5.14. The van der Waals surface area contributed by atoms with Gasteiger partial charge in [-0.05, 0) is 44.2 Å². The summed E-state index contributed by atoms with van der Waals surface area (Å²) in [6.45, 7) is 3.04. The van der Waals surface area contributed by atoms with Gasteiger partial charge >= 0.3 is 0 Å². The highest BCUT2D eigenvalue weighted by molar-refractivity contribution is 6.31. The van der Waals surface area contributed by atoms with Crippen LogP contribution < -0.4 is 10.1 Å². The summed E-state index contributed by atoms with van der Waals surface area (Å²) >= 11 is 6.08. The zero-order valence-electron chi connectivity index (χ0n) is 11.1. The molecule has 1 saturated carbocycles. The fourth-order valence-corrected chi connectivity index (χ4v) is 2.54. The van der Waals surface area contributed by atoms with Gasteiger partial charge in [0.05, 0.1) is 5.02 Å². The lowest BCUT2D eigenvalue weighted by Crippen LogP contribution is -2.23. The third-order valence-electron chi connectivity index (χ3n) is 3.53. The van der Waals surface area contributed by atoms with Crippen LogP contribution in [0.4, 0.5) is 0 Å². The van der Waals surface area contributed by atoms with Gasteiger partial charge in [-0.25, -0.2) is 4.98 Å². The fraction of sp³-hybridized carbons (Fsp3) is 0.643. The van der Waals surface area contributed by atoms with E-state index in [1.54, 1.807) is 6.20 Å². The van der Waals surface area contributed by atoms with Crippen LogP contribution in [0, 0.1) is 5.92 Å². The Morgan fingerprint density at radius 2 is 2.11 bits per heavy atom. The van der Waals surface area contributed by atoms with Gasteiger partial charge in [-0.1, -0.05) is 18.5 Å². The maximum Gasteiger partial charge on any atom is 0.213 e. The molecule has 1 heterocycles. The Bertz CT molecular complexity index is 389. The van der Waals surface area contributed by atoms with Crippen LogP contribution in [-0.2, 0) is 6.54 Å². The van der Waals surface area contributed by atoms with E-state index in [4.69, 9.17) is 16.3 Å². The van der Waals surface area contributed by atoms with Crippen LogP contribution in [0.25, 0.3) is 0 Å². The molecule has 18 heavy (non-hydrogen) atoms. The number of hydrogen-bond acceptors (Lipinski definition) is 3. The molecule has 100 valence electrons. The van der Waals surface area contributed by atoms with Gasteiger partial charge < -0.3 is 10.1 Å². The minimum absolute atomic E-state index is 0.317. The quantitative estimate of drug-likeness (QED) is 0.909. The van der Waals surface area contributed by atoms with Gasteiger partial charge in [-0.2, -0.15) is 0 Å². The minimum Gasteiger partial charge on any atom is -0.474 e. The summed E-state index contributed by atoms with van der Waals surface area (Å²) < 4.78 is 5.95. The molecule has 0 atom stereocenters. The molecule has 1 aliphatic carbocycles. The zero-order valence-corrected chi connectivity index (χ0v) is 11.8. The SMILES string of the molecule is CNCc1cc(OC2CCC(C)CC2)ncc1Cl. The zero-order chi connectivity index (χ0) is 13.0. The molecule has 0 amide bonds. The van der Waals surface area contributed by atoms with E-state index in [2.05, 4.69) is 17.2 Å². The maximum absolute atomic E-state index is 6.08. The molecule has 3 nitrogen and oxygen atoms in total. The standard InChI is InChI=1S/C14H21ClN2O/c1-10-3-5-12(6-4-10)18-14-7-11(8-16-2)13(15)9-17-14/h7,9-10,12,16H,3-6,8H2,1-2H3. The number of ether oxygens (including phenoxy) is 1. The van der Waals surface area contributed by atoms with Crippen LogP contribution in [0.2, 0.25) is 5.02 Å². The summed E-state index contributed by atoms with van der Waals surface area (Å²) in [4.78, 5) is 4.25. The average Bonchev–Trinajstić information content (AvgIpc) is 2.37. The normalized spacial score (nSPS) is 23.9. The molecular formula is C14H21ClN2O. The van der Waals surface area contributed by atoms with Crippen molar-refractivity contribution in [2.75, 3.05) is 7.05 Å². The molecule has 4 heteroatoms. The van der Waals surface area contributed by atoms with Crippen LogP contribution in [0.1, 0.15) is 38.2 Å². The number of nitrogens with zero attached hydrogens (tertiary/aromatic N) is 1. The van der Waals surface area contributed by atoms with Crippen molar-refractivity contribution in [3.63, 3.8) is 0 Å². The molecule has 0 aliphatic heterocycles. The second-order valence-corrected chi connectivity index (χ2v) is 5.55. The first-order valence-corrected chi connectivity index (χ1v) is 7.02. The summed E-state index contributed by atoms with van der Waals surface area (Å²) in [5, 5.41) is 3.78. The van der Waals surface area contributed by atoms with Gasteiger partial charge in [0.2, 0.25) is 5.88 Å². The Balaban J connectivity index is 1.98. The highest BCUT2D eigenvalue weighted by Crippen LogP contribution is 2.27. The van der Waals surface area contributed by atoms with E-state index in [-0.39, 0.29) is 0 Å². The lowest BCUT2D eigenvalue weighted by Gasteiger charge is -2.26. The van der Waals surface area contributed by atoms with Crippen molar-refractivity contribution in [1.29, 1.82) is 0 Å². The Morgan fingerprint density at radius 3 is 2.78 bits per heavy atom. The molecule has 0 bridgehead atoms. The topological polar surface area (TPSA) is 34.1 Å². The minimum atomic E-state index is 0.317. The highest BCUT2D eigenvalue weighted by atomic mass is 35.5. The van der Waals surface area contributed by atoms with Crippen LogP contribution >= 0.6 is 11.6 Å². The first-order valence-electron chi connectivity index (χ1n) is 6.64. The number of pyridine rings is 1. The first kappa shape index (κ1) is 13.6. The van der Waals surface area contributed by atoms with Gasteiger partial charge in [-0.3, -0.25) is 0 Å². The van der Waals surface area contributed by atoms with E-state index >= 15 is 0 Å². The number of halogens is 1. The van der Waals surface area contributed by atoms with Crippen molar-refractivity contribution in [3.05, 3.63) is 22.8 Å². The van der Waals surface area contributed by atoms with E-state index in [0.717, 1.165) is 30.9 Å². The molecule has 0 saturated heterocycles. The van der Waals surface area contributed by atoms with E-state index in [0.29, 0.717) is 17.0 Å². The van der Waals surface area contributed by atoms with Crippen LogP contribution in [0.5, 0.6) is 5.88 Å². The summed E-state index contributed by atoms with van der Waals surface area (Å²) in [6, 6.07) is 1.94. The van der Waals surface area contributed by atoms with Crippen molar-refractivity contribution >= 4 is 11.6 Å².